The first kappa shape index (κ1) is 69.5. The van der Waals surface area contributed by atoms with E-state index in [1.165, 1.54) is 199 Å². The molecule has 0 bridgehead atoms. The summed E-state index contributed by atoms with van der Waals surface area (Å²) in [6.45, 7) is 4.78. The number of unbranched alkanes of at least 4 members (excludes halogenated alkanes) is 35. The highest BCUT2D eigenvalue weighted by Crippen LogP contribution is 2.43. The lowest BCUT2D eigenvalue weighted by Crippen LogP contribution is -2.46. The van der Waals surface area contributed by atoms with Crippen molar-refractivity contribution < 1.29 is 32.9 Å². The number of hydrogen-bond donors (Lipinski definition) is 3. The average Bonchev–Trinajstić information content (AvgIpc) is 3.33. The molecule has 0 heterocycles. The summed E-state index contributed by atoms with van der Waals surface area (Å²) in [4.78, 5) is 23.2. The summed E-state index contributed by atoms with van der Waals surface area (Å²) in [6.07, 6.45) is 70.7. The summed E-state index contributed by atoms with van der Waals surface area (Å²) in [5, 5.41) is 14.0. The maximum atomic E-state index is 13.0. The minimum Gasteiger partial charge on any atom is -0.391 e. The first-order valence-corrected chi connectivity index (χ1v) is 32.0. The number of hydrogen-bond acceptors (Lipinski definition) is 5. The fraction of sp³-hybridized carbons (Fsp3) is 0.855. The van der Waals surface area contributed by atoms with Crippen LogP contribution in [0.25, 0.3) is 0 Å². The van der Waals surface area contributed by atoms with Crippen LogP contribution in [-0.2, 0) is 18.4 Å². The Morgan fingerprint density at radius 2 is 0.845 bits per heavy atom. The molecule has 3 atom stereocenters. The predicted octanol–water partition coefficient (Wildman–Crippen LogP) is 18.7. The van der Waals surface area contributed by atoms with Crippen molar-refractivity contribution >= 4 is 13.7 Å². The molecule has 0 aliphatic heterocycles. The van der Waals surface area contributed by atoms with Crippen LogP contribution in [0.2, 0.25) is 0 Å². The van der Waals surface area contributed by atoms with E-state index in [4.69, 9.17) is 9.05 Å². The molecule has 0 aliphatic rings. The van der Waals surface area contributed by atoms with Gasteiger partial charge in [-0.1, -0.05) is 281 Å². The summed E-state index contributed by atoms with van der Waals surface area (Å²) in [5.41, 5.74) is 0. The van der Waals surface area contributed by atoms with Gasteiger partial charge in [0.1, 0.15) is 13.2 Å². The van der Waals surface area contributed by atoms with E-state index in [1.54, 1.807) is 0 Å². The van der Waals surface area contributed by atoms with Crippen LogP contribution < -0.4 is 5.32 Å². The van der Waals surface area contributed by atoms with Crippen molar-refractivity contribution in [2.75, 3.05) is 40.9 Å². The molecule has 0 aromatic carbocycles. The molecule has 3 unspecified atom stereocenters. The third kappa shape index (κ3) is 56.0. The molecular formula is C62H120N2O6P+. The second kappa shape index (κ2) is 53.3. The number of nitrogens with one attached hydrogen (secondary N) is 1. The Morgan fingerprint density at radius 3 is 1.24 bits per heavy atom. The lowest BCUT2D eigenvalue weighted by Gasteiger charge is -2.26. The third-order valence-electron chi connectivity index (χ3n) is 13.8. The number of phosphoric acid groups is 1. The Bertz CT molecular complexity index is 1290. The Balaban J connectivity index is 3.80. The van der Waals surface area contributed by atoms with Gasteiger partial charge in [0.25, 0.3) is 0 Å². The van der Waals surface area contributed by atoms with Crippen molar-refractivity contribution in [2.45, 2.75) is 302 Å². The molecular weight excluding hydrogens is 900 g/mol. The number of allylic oxidation sites excluding steroid dienone is 8. The second-order valence-corrected chi connectivity index (χ2v) is 23.5. The number of phosphoric ester groups is 1. The van der Waals surface area contributed by atoms with Gasteiger partial charge in [-0.2, -0.15) is 0 Å². The topological polar surface area (TPSA) is 105 Å². The number of rotatable bonds is 56. The normalized spacial score (nSPS) is 14.2. The number of carbonyl (C=O) groups is 1. The van der Waals surface area contributed by atoms with Gasteiger partial charge < -0.3 is 19.8 Å². The quantitative estimate of drug-likeness (QED) is 0.0243. The smallest absolute Gasteiger partial charge is 0.391 e. The van der Waals surface area contributed by atoms with Crippen molar-refractivity contribution in [1.82, 2.24) is 5.32 Å². The van der Waals surface area contributed by atoms with Crippen molar-refractivity contribution in [3.63, 3.8) is 0 Å². The van der Waals surface area contributed by atoms with E-state index < -0.39 is 20.0 Å². The second-order valence-electron chi connectivity index (χ2n) is 22.1. The van der Waals surface area contributed by atoms with E-state index >= 15 is 0 Å². The summed E-state index contributed by atoms with van der Waals surface area (Å²) in [7, 11) is 1.63. The molecule has 418 valence electrons. The molecule has 8 nitrogen and oxygen atoms in total. The number of quaternary nitrogens is 1. The molecule has 0 spiro atoms. The van der Waals surface area contributed by atoms with E-state index in [9.17, 15) is 19.4 Å². The van der Waals surface area contributed by atoms with Gasteiger partial charge >= 0.3 is 7.82 Å². The number of likely N-dealkylation sites (N-methyl/N-ethyl adjacent to an activating group) is 1. The monoisotopic (exact) mass is 1020 g/mol. The summed E-state index contributed by atoms with van der Waals surface area (Å²) < 4.78 is 23.7. The number of amides is 1. The Morgan fingerprint density at radius 1 is 0.493 bits per heavy atom. The minimum absolute atomic E-state index is 0.0763. The highest BCUT2D eigenvalue weighted by Gasteiger charge is 2.28. The zero-order valence-electron chi connectivity index (χ0n) is 47.7. The van der Waals surface area contributed by atoms with E-state index in [0.29, 0.717) is 23.9 Å². The molecule has 0 aromatic rings. The maximum Gasteiger partial charge on any atom is 0.472 e. The Hall–Kier alpha value is -1.54. The predicted molar refractivity (Wildman–Crippen MR) is 309 cm³/mol. The van der Waals surface area contributed by atoms with Gasteiger partial charge in [-0.05, 0) is 51.4 Å². The molecule has 0 aliphatic carbocycles. The lowest BCUT2D eigenvalue weighted by molar-refractivity contribution is -0.870. The highest BCUT2D eigenvalue weighted by atomic mass is 31.2. The zero-order valence-corrected chi connectivity index (χ0v) is 48.6. The van der Waals surface area contributed by atoms with E-state index in [2.05, 4.69) is 67.8 Å². The molecule has 0 aromatic heterocycles. The largest absolute Gasteiger partial charge is 0.472 e. The molecule has 0 fully saturated rings. The summed E-state index contributed by atoms with van der Waals surface area (Å²) in [5.74, 6) is -0.141. The zero-order chi connectivity index (χ0) is 52.0. The molecule has 0 saturated heterocycles. The van der Waals surface area contributed by atoms with Gasteiger partial charge in [0.05, 0.1) is 39.9 Å². The SMILES string of the molecule is CC/C=C\C/C=C\C/C=C\C/C=C\CCCCCCCCCCCCCCCCCCCCCCCCCCCCC(=O)NC(COP(=O)(O)OCC[N+](C)(C)C)C(O)CCCCCCCCCCCC. The summed E-state index contributed by atoms with van der Waals surface area (Å²) >= 11 is 0. The molecule has 3 N–H and O–H groups in total. The van der Waals surface area contributed by atoms with E-state index in [1.807, 2.05) is 21.1 Å². The Kier molecular flexibility index (Phi) is 52.1. The van der Waals surface area contributed by atoms with Crippen LogP contribution in [0, 0.1) is 0 Å². The lowest BCUT2D eigenvalue weighted by atomic mass is 10.0. The minimum atomic E-state index is -4.31. The summed E-state index contributed by atoms with van der Waals surface area (Å²) in [6, 6.07) is -0.757. The van der Waals surface area contributed by atoms with Crippen LogP contribution in [0.5, 0.6) is 0 Å². The van der Waals surface area contributed by atoms with Crippen LogP contribution in [0.4, 0.5) is 0 Å². The molecule has 0 radical (unpaired) electrons. The van der Waals surface area contributed by atoms with Crippen LogP contribution in [0.1, 0.15) is 290 Å². The third-order valence-corrected chi connectivity index (χ3v) is 14.8. The van der Waals surface area contributed by atoms with Crippen molar-refractivity contribution in [3.05, 3.63) is 48.6 Å². The standard InChI is InChI=1S/C62H119N2O6P/c1-6-8-10-12-14-16-18-19-20-21-22-23-24-25-26-27-28-29-30-31-32-33-34-35-36-37-38-39-40-41-42-43-44-45-46-48-50-52-54-56-62(66)63-60(59-70-71(67,68)69-58-57-64(3,4)5)61(65)55-53-51-49-47-17-15-13-11-9-7-2/h8,10,14,16,19-20,22-23,60-61,65H,6-7,9,11-13,15,17-18,21,24-59H2,1-5H3,(H-,63,66,67,68)/p+1/b10-8-,16-14-,20-19-,23-22-. The first-order valence-electron chi connectivity index (χ1n) is 30.5. The number of carbonyl (C=O) groups excluding carboxylic acids is 1. The van der Waals surface area contributed by atoms with E-state index in [0.717, 1.165) is 64.2 Å². The van der Waals surface area contributed by atoms with Crippen molar-refractivity contribution in [1.29, 1.82) is 0 Å². The fourth-order valence-electron chi connectivity index (χ4n) is 9.10. The molecule has 9 heteroatoms. The highest BCUT2D eigenvalue weighted by molar-refractivity contribution is 7.47. The molecule has 0 rings (SSSR count). The van der Waals surface area contributed by atoms with Crippen LogP contribution >= 0.6 is 7.82 Å². The molecule has 0 saturated carbocycles. The molecule has 1 amide bonds. The van der Waals surface area contributed by atoms with Crippen LogP contribution in [0.3, 0.4) is 0 Å². The van der Waals surface area contributed by atoms with Gasteiger partial charge in [0.15, 0.2) is 0 Å². The number of nitrogens with zero attached hydrogens (tertiary/aromatic N) is 1. The first-order chi connectivity index (χ1) is 34.5. The van der Waals surface area contributed by atoms with Gasteiger partial charge in [0, 0.05) is 6.42 Å². The van der Waals surface area contributed by atoms with Gasteiger partial charge in [0.2, 0.25) is 5.91 Å². The fourth-order valence-corrected chi connectivity index (χ4v) is 9.84. The number of aliphatic hydroxyl groups is 1. The van der Waals surface area contributed by atoms with Crippen molar-refractivity contribution in [3.8, 4) is 0 Å². The average molecular weight is 1020 g/mol. The van der Waals surface area contributed by atoms with Crippen LogP contribution in [-0.4, -0.2) is 73.4 Å². The van der Waals surface area contributed by atoms with Crippen molar-refractivity contribution in [2.24, 2.45) is 0 Å². The van der Waals surface area contributed by atoms with Gasteiger partial charge in [-0.15, -0.1) is 0 Å². The maximum absolute atomic E-state index is 13.0. The van der Waals surface area contributed by atoms with Crippen LogP contribution in [0.15, 0.2) is 48.6 Å². The molecule has 71 heavy (non-hydrogen) atoms. The van der Waals surface area contributed by atoms with Gasteiger partial charge in [-0.25, -0.2) is 4.57 Å². The van der Waals surface area contributed by atoms with Gasteiger partial charge in [-0.3, -0.25) is 13.8 Å². The Labute approximate surface area is 441 Å². The number of aliphatic hydroxyl groups excluding tert-OH is 1. The van der Waals surface area contributed by atoms with E-state index in [-0.39, 0.29) is 19.1 Å².